The predicted octanol–water partition coefficient (Wildman–Crippen LogP) is 7.12. The second-order valence-corrected chi connectivity index (χ2v) is 12.4. The Morgan fingerprint density at radius 3 is 1.61 bits per heavy atom. The summed E-state index contributed by atoms with van der Waals surface area (Å²) in [6, 6.07) is 20.7. The van der Waals surface area contributed by atoms with E-state index in [1.807, 2.05) is 60.7 Å². The average Bonchev–Trinajstić information content (AvgIpc) is 2.97. The quantitative estimate of drug-likeness (QED) is 0.0589. The van der Waals surface area contributed by atoms with Gasteiger partial charge in [-0.25, -0.2) is 4.79 Å². The van der Waals surface area contributed by atoms with Crippen LogP contribution in [-0.4, -0.2) is 56.0 Å². The number of unbranched alkanes of at least 4 members (excludes halogenated alkanes) is 8. The summed E-state index contributed by atoms with van der Waals surface area (Å²) in [7, 11) is 2.58. The SMILES string of the molecule is C=NCC(C(=O)OCCCCCCCCCCC[Si](OC)(OC)OC)=C(c1ccccc1)c1ccccc1. The van der Waals surface area contributed by atoms with Crippen molar-refractivity contribution in [1.82, 2.24) is 0 Å². The molecule has 0 amide bonds. The van der Waals surface area contributed by atoms with Crippen LogP contribution in [0.25, 0.3) is 5.57 Å². The van der Waals surface area contributed by atoms with Crippen LogP contribution in [-0.2, 0) is 22.8 Å². The Morgan fingerprint density at radius 1 is 0.711 bits per heavy atom. The first-order chi connectivity index (χ1) is 18.6. The molecule has 0 saturated carbocycles. The van der Waals surface area contributed by atoms with E-state index in [1.54, 1.807) is 21.3 Å². The second-order valence-electron chi connectivity index (χ2n) is 9.33. The Balaban J connectivity index is 1.73. The highest BCUT2D eigenvalue weighted by atomic mass is 28.4. The molecule has 38 heavy (non-hydrogen) atoms. The molecule has 2 aromatic carbocycles. The molecule has 0 fully saturated rings. The third-order valence-electron chi connectivity index (χ3n) is 6.74. The summed E-state index contributed by atoms with van der Waals surface area (Å²) in [4.78, 5) is 17.1. The van der Waals surface area contributed by atoms with E-state index in [9.17, 15) is 4.79 Å². The predicted molar refractivity (Wildman–Crippen MR) is 157 cm³/mol. The number of rotatable bonds is 20. The van der Waals surface area contributed by atoms with Crippen molar-refractivity contribution in [3.05, 3.63) is 77.4 Å². The smallest absolute Gasteiger partial charge is 0.462 e. The molecule has 0 N–H and O–H groups in total. The van der Waals surface area contributed by atoms with E-state index in [4.69, 9.17) is 18.0 Å². The van der Waals surface area contributed by atoms with Crippen molar-refractivity contribution in [2.24, 2.45) is 4.99 Å². The van der Waals surface area contributed by atoms with Crippen LogP contribution >= 0.6 is 0 Å². The van der Waals surface area contributed by atoms with E-state index >= 15 is 0 Å². The highest BCUT2D eigenvalue weighted by Crippen LogP contribution is 2.28. The van der Waals surface area contributed by atoms with Crippen molar-refractivity contribution >= 4 is 27.1 Å². The normalized spacial score (nSPS) is 11.2. The molecular formula is C31H45NO5Si. The van der Waals surface area contributed by atoms with Gasteiger partial charge in [0.1, 0.15) is 0 Å². The average molecular weight is 540 g/mol. The molecule has 0 unspecified atom stereocenters. The third-order valence-corrected chi connectivity index (χ3v) is 9.57. The molecule has 0 heterocycles. The van der Waals surface area contributed by atoms with Gasteiger partial charge < -0.3 is 18.0 Å². The summed E-state index contributed by atoms with van der Waals surface area (Å²) in [6.07, 6.45) is 10.2. The van der Waals surface area contributed by atoms with Gasteiger partial charge in [0.05, 0.1) is 18.7 Å². The minimum atomic E-state index is -2.42. The number of esters is 1. The van der Waals surface area contributed by atoms with Crippen LogP contribution in [0.1, 0.15) is 68.9 Å². The van der Waals surface area contributed by atoms with Gasteiger partial charge in [-0.05, 0) is 30.7 Å². The van der Waals surface area contributed by atoms with Crippen molar-refractivity contribution in [3.63, 3.8) is 0 Å². The van der Waals surface area contributed by atoms with Gasteiger partial charge >= 0.3 is 14.8 Å². The first-order valence-electron chi connectivity index (χ1n) is 13.7. The number of carbonyl (C=O) groups excluding carboxylic acids is 1. The number of benzene rings is 2. The van der Waals surface area contributed by atoms with Crippen LogP contribution in [0, 0.1) is 0 Å². The molecule has 0 aromatic heterocycles. The van der Waals surface area contributed by atoms with E-state index in [1.165, 1.54) is 32.1 Å². The number of nitrogens with zero attached hydrogens (tertiary/aromatic N) is 1. The van der Waals surface area contributed by atoms with Crippen molar-refractivity contribution in [2.75, 3.05) is 34.5 Å². The van der Waals surface area contributed by atoms with Gasteiger partial charge in [0.25, 0.3) is 0 Å². The van der Waals surface area contributed by atoms with Crippen molar-refractivity contribution < 1.29 is 22.8 Å². The first-order valence-corrected chi connectivity index (χ1v) is 15.6. The minimum absolute atomic E-state index is 0.212. The maximum absolute atomic E-state index is 13.1. The van der Waals surface area contributed by atoms with E-state index in [0.29, 0.717) is 12.2 Å². The molecule has 208 valence electrons. The Bertz CT molecular complexity index is 911. The summed E-state index contributed by atoms with van der Waals surface area (Å²) < 4.78 is 22.1. The minimum Gasteiger partial charge on any atom is -0.462 e. The van der Waals surface area contributed by atoms with Gasteiger partial charge in [-0.2, -0.15) is 0 Å². The molecule has 0 aliphatic rings. The Hall–Kier alpha value is -2.58. The molecule has 0 radical (unpaired) electrons. The van der Waals surface area contributed by atoms with Crippen molar-refractivity contribution in [3.8, 4) is 0 Å². The molecule has 0 aliphatic heterocycles. The van der Waals surface area contributed by atoms with Crippen molar-refractivity contribution in [2.45, 2.75) is 63.8 Å². The summed E-state index contributed by atoms with van der Waals surface area (Å²) in [5, 5.41) is 0. The van der Waals surface area contributed by atoms with Gasteiger partial charge in [0.15, 0.2) is 0 Å². The Kier molecular flexibility index (Phi) is 15.5. The van der Waals surface area contributed by atoms with E-state index in [2.05, 4.69) is 11.7 Å². The van der Waals surface area contributed by atoms with Crippen LogP contribution in [0.2, 0.25) is 6.04 Å². The van der Waals surface area contributed by atoms with Gasteiger partial charge in [0.2, 0.25) is 0 Å². The van der Waals surface area contributed by atoms with Crippen LogP contribution < -0.4 is 0 Å². The lowest BCUT2D eigenvalue weighted by molar-refractivity contribution is -0.139. The van der Waals surface area contributed by atoms with Gasteiger partial charge in [-0.1, -0.05) is 106 Å². The number of hydrogen-bond donors (Lipinski definition) is 0. The van der Waals surface area contributed by atoms with Crippen LogP contribution in [0.4, 0.5) is 0 Å². The molecule has 0 spiro atoms. The Labute approximate surface area is 230 Å². The molecular weight excluding hydrogens is 494 g/mol. The number of ether oxygens (including phenoxy) is 1. The molecule has 0 aliphatic carbocycles. The number of aliphatic imine (C=N–C) groups is 1. The lowest BCUT2D eigenvalue weighted by Gasteiger charge is -2.24. The second kappa shape index (κ2) is 18.6. The lowest BCUT2D eigenvalue weighted by Crippen LogP contribution is -2.42. The highest BCUT2D eigenvalue weighted by molar-refractivity contribution is 6.60. The van der Waals surface area contributed by atoms with Crippen LogP contribution in [0.5, 0.6) is 0 Å². The largest absolute Gasteiger partial charge is 0.500 e. The summed E-state index contributed by atoms with van der Waals surface area (Å²) in [6.45, 7) is 4.26. The zero-order chi connectivity index (χ0) is 27.5. The fraction of sp³-hybridized carbons (Fsp3) is 0.484. The molecule has 0 bridgehead atoms. The monoisotopic (exact) mass is 539 g/mol. The zero-order valence-electron chi connectivity index (χ0n) is 23.5. The third kappa shape index (κ3) is 10.7. The number of carbonyl (C=O) groups is 1. The summed E-state index contributed by atoms with van der Waals surface area (Å²) >= 11 is 0. The topological polar surface area (TPSA) is 66.4 Å². The maximum atomic E-state index is 13.1. The van der Waals surface area contributed by atoms with Crippen molar-refractivity contribution in [1.29, 1.82) is 0 Å². The van der Waals surface area contributed by atoms with Gasteiger partial charge in [-0.3, -0.25) is 4.99 Å². The van der Waals surface area contributed by atoms with E-state index in [-0.39, 0.29) is 12.5 Å². The summed E-state index contributed by atoms with van der Waals surface area (Å²) in [5.41, 5.74) is 3.32. The molecule has 0 saturated heterocycles. The fourth-order valence-corrected chi connectivity index (χ4v) is 6.37. The molecule has 2 aromatic rings. The molecule has 7 heteroatoms. The van der Waals surface area contributed by atoms with Crippen LogP contribution in [0.3, 0.4) is 0 Å². The van der Waals surface area contributed by atoms with Crippen LogP contribution in [0.15, 0.2) is 71.2 Å². The highest BCUT2D eigenvalue weighted by Gasteiger charge is 2.36. The molecule has 0 atom stereocenters. The standard InChI is InChI=1S/C31H45NO5Si/c1-32-26-29(30(27-20-14-12-15-21-27)28-22-16-13-17-23-28)31(33)37-24-18-10-8-6-5-7-9-11-19-25-38(34-2,35-3)36-4/h12-17,20-23H,1,5-11,18-19,24-26H2,2-4H3. The first kappa shape index (κ1) is 31.6. The van der Waals surface area contributed by atoms with E-state index in [0.717, 1.165) is 48.4 Å². The Morgan fingerprint density at radius 2 is 1.16 bits per heavy atom. The molecule has 2 rings (SSSR count). The summed E-state index contributed by atoms with van der Waals surface area (Å²) in [5.74, 6) is -0.317. The maximum Gasteiger partial charge on any atom is 0.500 e. The fourth-order valence-electron chi connectivity index (χ4n) is 4.57. The van der Waals surface area contributed by atoms with Gasteiger partial charge in [0, 0.05) is 32.9 Å². The number of hydrogen-bond acceptors (Lipinski definition) is 6. The zero-order valence-corrected chi connectivity index (χ0v) is 24.5. The lowest BCUT2D eigenvalue weighted by atomic mass is 9.93. The molecule has 6 nitrogen and oxygen atoms in total. The van der Waals surface area contributed by atoms with Gasteiger partial charge in [-0.15, -0.1) is 0 Å². The van der Waals surface area contributed by atoms with E-state index < -0.39 is 8.80 Å².